The molecule has 2 aliphatic heterocycles. The number of guanidine groups is 1. The third-order valence-corrected chi connectivity index (χ3v) is 12.9. The van der Waals surface area contributed by atoms with Crippen LogP contribution in [0.1, 0.15) is 125 Å². The molecule has 9 unspecified atom stereocenters. The number of nitrogens with zero attached hydrogens (tertiary/aromatic N) is 1. The second-order valence-electron chi connectivity index (χ2n) is 16.2. The first kappa shape index (κ1) is 44.7. The van der Waals surface area contributed by atoms with E-state index in [2.05, 4.69) is 47.8 Å². The van der Waals surface area contributed by atoms with Crippen molar-refractivity contribution in [3.05, 3.63) is 47.5 Å². The van der Waals surface area contributed by atoms with Crippen LogP contribution in [0.3, 0.4) is 0 Å². The highest BCUT2D eigenvalue weighted by Gasteiger charge is 2.61. The van der Waals surface area contributed by atoms with Gasteiger partial charge in [0.1, 0.15) is 6.61 Å². The highest BCUT2D eigenvalue weighted by molar-refractivity contribution is 5.75. The number of carbonyl (C=O) groups is 1. The van der Waals surface area contributed by atoms with E-state index in [4.69, 9.17) is 20.9 Å². The lowest BCUT2D eigenvalue weighted by molar-refractivity contribution is -0.182. The van der Waals surface area contributed by atoms with Gasteiger partial charge in [-0.25, -0.2) is 11.4 Å². The van der Waals surface area contributed by atoms with Crippen LogP contribution in [0.4, 0.5) is 0 Å². The van der Waals surface area contributed by atoms with Gasteiger partial charge in [0, 0.05) is 17.4 Å². The van der Waals surface area contributed by atoms with Gasteiger partial charge in [-0.1, -0.05) is 90.4 Å². The number of allylic oxidation sites excluding steroid dienone is 1. The maximum atomic E-state index is 9.76. The molecule has 0 radical (unpaired) electrons. The predicted octanol–water partition coefficient (Wildman–Crippen LogP) is 7.43. The van der Waals surface area contributed by atoms with Gasteiger partial charge in [0.15, 0.2) is 0 Å². The average Bonchev–Trinajstić information content (AvgIpc) is 3.70. The first-order valence-electron chi connectivity index (χ1n) is 21.0. The first-order valence-corrected chi connectivity index (χ1v) is 21.0. The Morgan fingerprint density at radius 3 is 2.45 bits per heavy atom. The van der Waals surface area contributed by atoms with Crippen molar-refractivity contribution in [2.45, 2.75) is 138 Å². The lowest BCUT2D eigenvalue weighted by Gasteiger charge is -2.64. The number of hydrogen-bond acceptors (Lipinski definition) is 8. The van der Waals surface area contributed by atoms with Gasteiger partial charge in [-0.05, 0) is 118 Å². The van der Waals surface area contributed by atoms with Crippen molar-refractivity contribution >= 4 is 12.4 Å². The molecule has 0 spiro atoms. The standard InChI is InChI=1S/C30H49NO2.C8H8O2.2C2H6.CH7N5/c1-20(2)15-21-10-12-29(3)22(16-21)6-7-27-26(29)9-8-25-24-18-32-19-30(25,27)13-11-28(24)33-17-23-5-4-14-31-23;9-7-10-6-8-4-2-1-3-5-8;2*1-2;2-1(3)5-6-4/h7,20-26,28,31H,4-6,8-19H2,1-3H3;1-5,7H,6H2;2*1-2H3;6H,4H2,(H4,2,3,5). The van der Waals surface area contributed by atoms with E-state index in [0.717, 1.165) is 55.0 Å². The molecule has 9 atom stereocenters. The van der Waals surface area contributed by atoms with Crippen LogP contribution in [0.15, 0.2) is 47.1 Å². The van der Waals surface area contributed by atoms with E-state index in [-0.39, 0.29) is 5.96 Å². The zero-order chi connectivity index (χ0) is 38.9. The summed E-state index contributed by atoms with van der Waals surface area (Å²) < 4.78 is 17.6. The Hall–Kier alpha value is -2.66. The molecule has 1 aromatic rings. The summed E-state index contributed by atoms with van der Waals surface area (Å²) in [6, 6.07) is 10.1. The SMILES string of the molecule is CC.CC.CC(C)CC1CCC2(C)C(CC=C3C2CCC2C4COCC32CCC4OCC2CCCN2)C1.NNN=C(N)N.O=COCc1ccccc1. The molecule has 6 aliphatic rings. The number of ether oxygens (including phenoxy) is 3. The van der Waals surface area contributed by atoms with Crippen LogP contribution in [0.2, 0.25) is 0 Å². The third-order valence-electron chi connectivity index (χ3n) is 12.9. The van der Waals surface area contributed by atoms with Gasteiger partial charge in [0.2, 0.25) is 5.96 Å². The largest absolute Gasteiger partial charge is 0.463 e. The number of benzene rings is 1. The number of nitrogens with one attached hydrogen (secondary N) is 2. The third kappa shape index (κ3) is 11.7. The molecule has 1 aromatic carbocycles. The summed E-state index contributed by atoms with van der Waals surface area (Å²) in [5, 5.41) is 6.75. The fourth-order valence-corrected chi connectivity index (χ4v) is 10.7. The number of rotatable bonds is 9. The number of hydrazine groups is 1. The van der Waals surface area contributed by atoms with Gasteiger partial charge >= 0.3 is 0 Å². The Morgan fingerprint density at radius 2 is 1.83 bits per heavy atom. The van der Waals surface area contributed by atoms with E-state index >= 15 is 0 Å². The van der Waals surface area contributed by atoms with Crippen molar-refractivity contribution in [3.8, 4) is 0 Å². The van der Waals surface area contributed by atoms with Crippen LogP contribution in [0.5, 0.6) is 0 Å². The molecule has 2 bridgehead atoms. The van der Waals surface area contributed by atoms with Crippen LogP contribution in [0, 0.1) is 46.3 Å². The Morgan fingerprint density at radius 1 is 1.08 bits per heavy atom. The predicted molar refractivity (Wildman–Crippen MR) is 217 cm³/mol. The molecule has 0 aromatic heterocycles. The zero-order valence-corrected chi connectivity index (χ0v) is 34.3. The average molecular weight is 741 g/mol. The summed E-state index contributed by atoms with van der Waals surface area (Å²) in [4.78, 5) is 9.76. The number of fused-ring (bicyclic) bond motifs is 3. The molecule has 7 rings (SSSR count). The van der Waals surface area contributed by atoms with E-state index in [0.29, 0.717) is 42.0 Å². The van der Waals surface area contributed by atoms with Crippen LogP contribution >= 0.6 is 0 Å². The Kier molecular flexibility index (Phi) is 19.1. The van der Waals surface area contributed by atoms with Crippen molar-refractivity contribution < 1.29 is 19.0 Å². The minimum atomic E-state index is -0.0718. The summed E-state index contributed by atoms with van der Waals surface area (Å²) in [6.45, 7) is 20.3. The van der Waals surface area contributed by atoms with Gasteiger partial charge in [0.25, 0.3) is 6.47 Å². The quantitative estimate of drug-likeness (QED) is 0.0434. The summed E-state index contributed by atoms with van der Waals surface area (Å²) in [7, 11) is 0. The molecule has 2 saturated heterocycles. The summed E-state index contributed by atoms with van der Waals surface area (Å²) in [6.07, 6.45) is 18.4. The van der Waals surface area contributed by atoms with Crippen LogP contribution < -0.4 is 28.2 Å². The van der Waals surface area contributed by atoms with Crippen molar-refractivity contribution in [3.63, 3.8) is 0 Å². The molecular formula is C43H76N6O4. The summed E-state index contributed by atoms with van der Waals surface area (Å²) in [5.74, 6) is 9.51. The van der Waals surface area contributed by atoms with Crippen LogP contribution in [-0.4, -0.2) is 50.9 Å². The first-order chi connectivity index (χ1) is 25.7. The van der Waals surface area contributed by atoms with Crippen LogP contribution in [0.25, 0.3) is 0 Å². The number of hydrazone groups is 1. The number of nitrogens with two attached hydrogens (primary N) is 3. The van der Waals surface area contributed by atoms with E-state index in [1.807, 2.05) is 69.1 Å². The lowest BCUT2D eigenvalue weighted by atomic mass is 9.43. The fraction of sp³-hybridized carbons (Fsp3) is 0.767. The van der Waals surface area contributed by atoms with E-state index in [9.17, 15) is 4.79 Å². The monoisotopic (exact) mass is 741 g/mol. The van der Waals surface area contributed by atoms with E-state index in [1.165, 1.54) is 77.2 Å². The minimum absolute atomic E-state index is 0.0718. The topological polar surface area (TPSA) is 159 Å². The number of hydrogen-bond donors (Lipinski definition) is 5. The molecule has 10 nitrogen and oxygen atoms in total. The highest BCUT2D eigenvalue weighted by Crippen LogP contribution is 2.67. The van der Waals surface area contributed by atoms with Crippen molar-refractivity contribution in [1.82, 2.24) is 10.9 Å². The highest BCUT2D eigenvalue weighted by atomic mass is 16.5. The molecule has 5 fully saturated rings. The molecule has 8 N–H and O–H groups in total. The number of carbonyl (C=O) groups excluding carboxylic acids is 1. The van der Waals surface area contributed by atoms with Gasteiger partial charge in [0.05, 0.1) is 25.9 Å². The second kappa shape index (κ2) is 22.7. The van der Waals surface area contributed by atoms with Gasteiger partial charge < -0.3 is 31.0 Å². The molecule has 0 amide bonds. The normalized spacial score (nSPS) is 33.3. The van der Waals surface area contributed by atoms with Crippen molar-refractivity contribution in [2.75, 3.05) is 26.4 Å². The summed E-state index contributed by atoms with van der Waals surface area (Å²) in [5.41, 5.74) is 15.2. The second-order valence-corrected chi connectivity index (χ2v) is 16.2. The summed E-state index contributed by atoms with van der Waals surface area (Å²) >= 11 is 0. The minimum Gasteiger partial charge on any atom is -0.463 e. The van der Waals surface area contributed by atoms with Gasteiger partial charge in [-0.15, -0.1) is 5.10 Å². The smallest absolute Gasteiger partial charge is 0.293 e. The molecule has 302 valence electrons. The molecule has 2 heterocycles. The van der Waals surface area contributed by atoms with Crippen molar-refractivity contribution in [2.24, 2.45) is 68.7 Å². The van der Waals surface area contributed by atoms with Crippen LogP contribution in [-0.2, 0) is 25.6 Å². The molecule has 10 heteroatoms. The molecule has 53 heavy (non-hydrogen) atoms. The zero-order valence-electron chi connectivity index (χ0n) is 34.3. The Bertz CT molecular complexity index is 1240. The van der Waals surface area contributed by atoms with Gasteiger partial charge in [-0.3, -0.25) is 4.79 Å². The Labute approximate surface area is 322 Å². The van der Waals surface area contributed by atoms with Gasteiger partial charge in [-0.2, -0.15) is 0 Å². The van der Waals surface area contributed by atoms with E-state index in [1.54, 1.807) is 0 Å². The molecular weight excluding hydrogens is 665 g/mol. The maximum absolute atomic E-state index is 9.76. The van der Waals surface area contributed by atoms with Crippen molar-refractivity contribution in [1.29, 1.82) is 0 Å². The van der Waals surface area contributed by atoms with E-state index < -0.39 is 0 Å². The molecule has 3 saturated carbocycles. The maximum Gasteiger partial charge on any atom is 0.293 e. The molecule has 4 aliphatic carbocycles. The lowest BCUT2D eigenvalue weighted by Crippen LogP contribution is -2.60. The fourth-order valence-electron chi connectivity index (χ4n) is 10.7. The Balaban J connectivity index is 0.000000313.